The van der Waals surface area contributed by atoms with Gasteiger partial charge in [-0.15, -0.1) is 11.3 Å². The number of hydrogen-bond acceptors (Lipinski definition) is 2. The smallest absolute Gasteiger partial charge is 0.107 e. The van der Waals surface area contributed by atoms with Crippen LogP contribution in [0.2, 0.25) is 4.34 Å². The lowest BCUT2D eigenvalue weighted by molar-refractivity contribution is 0.0368. The maximum Gasteiger partial charge on any atom is 0.107 e. The van der Waals surface area contributed by atoms with Gasteiger partial charge in [0.25, 0.3) is 0 Å². The Balaban J connectivity index is 1.68. The molecule has 19 heavy (non-hydrogen) atoms. The van der Waals surface area contributed by atoms with Gasteiger partial charge in [0, 0.05) is 9.35 Å². The second-order valence-corrected chi connectivity index (χ2v) is 8.63. The van der Waals surface area contributed by atoms with Crippen LogP contribution in [0.1, 0.15) is 55.9 Å². The number of aliphatic hydroxyl groups is 1. The lowest BCUT2D eigenvalue weighted by Crippen LogP contribution is -2.30. The molecule has 1 aromatic heterocycles. The second-order valence-electron chi connectivity index (χ2n) is 6.09. The molecule has 106 valence electrons. The van der Waals surface area contributed by atoms with E-state index < -0.39 is 0 Å². The lowest BCUT2D eigenvalue weighted by atomic mass is 9.66. The summed E-state index contributed by atoms with van der Waals surface area (Å²) < 4.78 is 1.67. The van der Waals surface area contributed by atoms with E-state index in [0.717, 1.165) is 25.5 Å². The Morgan fingerprint density at radius 3 is 2.63 bits per heavy atom. The predicted octanol–water partition coefficient (Wildman–Crippen LogP) is 5.80. The van der Waals surface area contributed by atoms with Gasteiger partial charge in [0.15, 0.2) is 0 Å². The van der Waals surface area contributed by atoms with Gasteiger partial charge in [0.2, 0.25) is 0 Å². The summed E-state index contributed by atoms with van der Waals surface area (Å²) in [6, 6.07) is 1.99. The van der Waals surface area contributed by atoms with Crippen LogP contribution in [0.4, 0.5) is 0 Å². The van der Waals surface area contributed by atoms with E-state index in [1.54, 1.807) is 0 Å². The van der Waals surface area contributed by atoms with Crippen molar-refractivity contribution in [2.24, 2.45) is 17.8 Å². The summed E-state index contributed by atoms with van der Waals surface area (Å²) in [6.45, 7) is 0. The molecule has 4 atom stereocenters. The zero-order chi connectivity index (χ0) is 13.4. The number of fused-ring (bicyclic) bond motifs is 1. The van der Waals surface area contributed by atoms with Crippen molar-refractivity contribution >= 4 is 38.9 Å². The lowest BCUT2D eigenvalue weighted by Gasteiger charge is -2.40. The summed E-state index contributed by atoms with van der Waals surface area (Å²) in [6.07, 6.45) is 8.98. The number of thiophene rings is 1. The van der Waals surface area contributed by atoms with Gasteiger partial charge in [-0.2, -0.15) is 0 Å². The van der Waals surface area contributed by atoms with Crippen LogP contribution in [-0.4, -0.2) is 5.11 Å². The Kier molecular flexibility index (Phi) is 4.57. The molecule has 0 spiro atoms. The summed E-state index contributed by atoms with van der Waals surface area (Å²) in [7, 11) is 0. The van der Waals surface area contributed by atoms with Crippen molar-refractivity contribution in [3.05, 3.63) is 19.8 Å². The van der Waals surface area contributed by atoms with E-state index >= 15 is 0 Å². The molecule has 1 heterocycles. The van der Waals surface area contributed by atoms with Gasteiger partial charge >= 0.3 is 0 Å². The number of halogens is 2. The average molecular weight is 364 g/mol. The highest BCUT2D eigenvalue weighted by Crippen LogP contribution is 2.47. The van der Waals surface area contributed by atoms with E-state index in [0.29, 0.717) is 5.92 Å². The Morgan fingerprint density at radius 1 is 1.21 bits per heavy atom. The SMILES string of the molecule is OC(c1cc(Br)c(Cl)s1)C1CCC2CCCCC2C1. The first-order valence-corrected chi connectivity index (χ1v) is 9.26. The Hall–Kier alpha value is 0.430. The number of hydrogen-bond donors (Lipinski definition) is 1. The maximum absolute atomic E-state index is 10.6. The summed E-state index contributed by atoms with van der Waals surface area (Å²) in [5.74, 6) is 2.23. The van der Waals surface area contributed by atoms with Crippen molar-refractivity contribution in [2.75, 3.05) is 0 Å². The molecular formula is C15H20BrClOS. The molecule has 1 aromatic rings. The fourth-order valence-corrected chi connectivity index (χ4v) is 5.75. The van der Waals surface area contributed by atoms with E-state index in [9.17, 15) is 5.11 Å². The molecule has 2 saturated carbocycles. The minimum Gasteiger partial charge on any atom is -0.387 e. The Labute approximate surface area is 132 Å². The van der Waals surface area contributed by atoms with Crippen LogP contribution in [0.3, 0.4) is 0 Å². The third-order valence-corrected chi connectivity index (χ3v) is 7.53. The first kappa shape index (κ1) is 14.4. The normalized spacial score (nSPS) is 32.9. The van der Waals surface area contributed by atoms with Crippen LogP contribution in [0, 0.1) is 17.8 Å². The third kappa shape index (κ3) is 3.04. The van der Waals surface area contributed by atoms with Gasteiger partial charge in [-0.1, -0.05) is 37.3 Å². The molecule has 0 saturated heterocycles. The topological polar surface area (TPSA) is 20.2 Å². The second kappa shape index (κ2) is 6.05. The highest BCUT2D eigenvalue weighted by molar-refractivity contribution is 9.10. The highest BCUT2D eigenvalue weighted by atomic mass is 79.9. The van der Waals surface area contributed by atoms with Crippen molar-refractivity contribution in [2.45, 2.75) is 51.0 Å². The van der Waals surface area contributed by atoms with E-state index in [1.165, 1.54) is 56.3 Å². The van der Waals surface area contributed by atoms with Crippen LogP contribution >= 0.6 is 38.9 Å². The molecular weight excluding hydrogens is 344 g/mol. The van der Waals surface area contributed by atoms with E-state index in [-0.39, 0.29) is 6.10 Å². The number of aliphatic hydroxyl groups excluding tert-OH is 1. The zero-order valence-electron chi connectivity index (χ0n) is 10.9. The Bertz CT molecular complexity index is 428. The third-order valence-electron chi connectivity index (χ3n) is 4.98. The van der Waals surface area contributed by atoms with E-state index in [4.69, 9.17) is 11.6 Å². The first-order valence-electron chi connectivity index (χ1n) is 7.28. The van der Waals surface area contributed by atoms with E-state index in [2.05, 4.69) is 15.9 Å². The van der Waals surface area contributed by atoms with E-state index in [1.807, 2.05) is 6.07 Å². The summed E-state index contributed by atoms with van der Waals surface area (Å²) >= 11 is 11.0. The van der Waals surface area contributed by atoms with Crippen LogP contribution in [0.5, 0.6) is 0 Å². The van der Waals surface area contributed by atoms with Crippen molar-refractivity contribution in [1.29, 1.82) is 0 Å². The average Bonchev–Trinajstić information content (AvgIpc) is 2.77. The highest BCUT2D eigenvalue weighted by Gasteiger charge is 2.35. The molecule has 0 bridgehead atoms. The molecule has 0 aliphatic heterocycles. The molecule has 4 unspecified atom stereocenters. The molecule has 3 rings (SSSR count). The summed E-state index contributed by atoms with van der Waals surface area (Å²) in [5, 5.41) is 10.6. The molecule has 0 aromatic carbocycles. The van der Waals surface area contributed by atoms with Crippen molar-refractivity contribution in [1.82, 2.24) is 0 Å². The van der Waals surface area contributed by atoms with Crippen LogP contribution in [0.15, 0.2) is 10.5 Å². The minimum absolute atomic E-state index is 0.323. The fourth-order valence-electron chi connectivity index (χ4n) is 3.94. The number of rotatable bonds is 2. The van der Waals surface area contributed by atoms with Crippen molar-refractivity contribution in [3.8, 4) is 0 Å². The largest absolute Gasteiger partial charge is 0.387 e. The zero-order valence-corrected chi connectivity index (χ0v) is 14.1. The van der Waals surface area contributed by atoms with Gasteiger partial charge in [0.05, 0.1) is 6.10 Å². The predicted molar refractivity (Wildman–Crippen MR) is 84.8 cm³/mol. The molecule has 2 aliphatic rings. The standard InChI is InChI=1S/C15H20BrClOS/c16-12-8-13(19-15(12)17)14(18)11-6-5-9-3-1-2-4-10(9)7-11/h8-11,14,18H,1-7H2. The van der Waals surface area contributed by atoms with Gasteiger partial charge in [-0.3, -0.25) is 0 Å². The maximum atomic E-state index is 10.6. The molecule has 0 radical (unpaired) electrons. The fraction of sp³-hybridized carbons (Fsp3) is 0.733. The van der Waals surface area contributed by atoms with Crippen LogP contribution in [0.25, 0.3) is 0 Å². The first-order chi connectivity index (χ1) is 9.15. The van der Waals surface area contributed by atoms with Gasteiger partial charge < -0.3 is 5.11 Å². The van der Waals surface area contributed by atoms with Crippen LogP contribution < -0.4 is 0 Å². The summed E-state index contributed by atoms with van der Waals surface area (Å²) in [4.78, 5) is 1.02. The summed E-state index contributed by atoms with van der Waals surface area (Å²) in [5.41, 5.74) is 0. The molecule has 2 aliphatic carbocycles. The Morgan fingerprint density at radius 2 is 1.95 bits per heavy atom. The van der Waals surface area contributed by atoms with Gasteiger partial charge in [-0.05, 0) is 59.0 Å². The van der Waals surface area contributed by atoms with Gasteiger partial charge in [-0.25, -0.2) is 0 Å². The van der Waals surface area contributed by atoms with Crippen molar-refractivity contribution in [3.63, 3.8) is 0 Å². The quantitative estimate of drug-likeness (QED) is 0.703. The minimum atomic E-state index is -0.323. The molecule has 1 nitrogen and oxygen atoms in total. The van der Waals surface area contributed by atoms with Crippen LogP contribution in [-0.2, 0) is 0 Å². The molecule has 4 heteroatoms. The molecule has 0 amide bonds. The molecule has 1 N–H and O–H groups in total. The van der Waals surface area contributed by atoms with Crippen molar-refractivity contribution < 1.29 is 5.11 Å². The van der Waals surface area contributed by atoms with Gasteiger partial charge in [0.1, 0.15) is 4.34 Å². The molecule has 2 fully saturated rings. The monoisotopic (exact) mass is 362 g/mol.